The summed E-state index contributed by atoms with van der Waals surface area (Å²) in [4.78, 5) is 22.4. The summed E-state index contributed by atoms with van der Waals surface area (Å²) < 4.78 is 11.0. The van der Waals surface area contributed by atoms with E-state index >= 15 is 0 Å². The van der Waals surface area contributed by atoms with Crippen molar-refractivity contribution >= 4 is 33.3 Å². The minimum atomic E-state index is -0.0482. The van der Waals surface area contributed by atoms with Crippen LogP contribution in [0, 0.1) is 12.8 Å². The SMILES string of the molecule is Cc1occc1-c1nnc(SCc2nc3sc4c(c3c(=O)[nH]2)CC[C@H](C)C4)o1. The van der Waals surface area contributed by atoms with Crippen molar-refractivity contribution in [3.05, 3.63) is 44.7 Å². The molecule has 0 amide bonds. The first kappa shape index (κ1) is 17.7. The Bertz CT molecular complexity index is 1220. The predicted molar refractivity (Wildman–Crippen MR) is 108 cm³/mol. The van der Waals surface area contributed by atoms with E-state index in [4.69, 9.17) is 8.83 Å². The average molecular weight is 415 g/mol. The number of hydrogen-bond acceptors (Lipinski definition) is 8. The van der Waals surface area contributed by atoms with E-state index < -0.39 is 0 Å². The topological polar surface area (TPSA) is 97.8 Å². The molecule has 0 fully saturated rings. The van der Waals surface area contributed by atoms with Crippen LogP contribution in [0.4, 0.5) is 0 Å². The highest BCUT2D eigenvalue weighted by Crippen LogP contribution is 2.36. The number of nitrogens with zero attached hydrogens (tertiary/aromatic N) is 3. The summed E-state index contributed by atoms with van der Waals surface area (Å²) in [7, 11) is 0. The molecule has 0 bridgehead atoms. The molecular weight excluding hydrogens is 396 g/mol. The largest absolute Gasteiger partial charge is 0.469 e. The number of nitrogens with one attached hydrogen (secondary N) is 1. The highest BCUT2D eigenvalue weighted by atomic mass is 32.2. The molecule has 144 valence electrons. The number of H-pyrrole nitrogens is 1. The Labute approximate surface area is 168 Å². The van der Waals surface area contributed by atoms with Crippen LogP contribution in [-0.2, 0) is 18.6 Å². The van der Waals surface area contributed by atoms with Crippen molar-refractivity contribution in [1.82, 2.24) is 20.2 Å². The minimum absolute atomic E-state index is 0.0482. The minimum Gasteiger partial charge on any atom is -0.469 e. The molecule has 0 aliphatic heterocycles. The molecule has 4 heterocycles. The van der Waals surface area contributed by atoms with Gasteiger partial charge in [-0.05, 0) is 43.7 Å². The molecule has 0 saturated carbocycles. The number of rotatable bonds is 4. The molecule has 0 radical (unpaired) electrons. The first-order valence-electron chi connectivity index (χ1n) is 9.12. The van der Waals surface area contributed by atoms with Gasteiger partial charge in [0.05, 0.1) is 23.0 Å². The van der Waals surface area contributed by atoms with E-state index in [0.29, 0.717) is 28.6 Å². The van der Waals surface area contributed by atoms with E-state index in [1.807, 2.05) is 6.92 Å². The molecule has 28 heavy (non-hydrogen) atoms. The van der Waals surface area contributed by atoms with Crippen molar-refractivity contribution in [2.24, 2.45) is 5.92 Å². The van der Waals surface area contributed by atoms with Crippen molar-refractivity contribution in [3.8, 4) is 11.5 Å². The van der Waals surface area contributed by atoms with Gasteiger partial charge in [-0.25, -0.2) is 4.98 Å². The number of thioether (sulfide) groups is 1. The molecule has 7 nitrogen and oxygen atoms in total. The Morgan fingerprint density at radius 2 is 2.29 bits per heavy atom. The van der Waals surface area contributed by atoms with Crippen LogP contribution in [0.15, 0.2) is 31.2 Å². The van der Waals surface area contributed by atoms with Crippen molar-refractivity contribution in [1.29, 1.82) is 0 Å². The summed E-state index contributed by atoms with van der Waals surface area (Å²) >= 11 is 3.01. The fourth-order valence-electron chi connectivity index (χ4n) is 3.58. The first-order valence-corrected chi connectivity index (χ1v) is 10.9. The lowest BCUT2D eigenvalue weighted by Gasteiger charge is -2.17. The van der Waals surface area contributed by atoms with E-state index in [9.17, 15) is 4.79 Å². The Morgan fingerprint density at radius 3 is 3.11 bits per heavy atom. The molecule has 9 heteroatoms. The lowest BCUT2D eigenvalue weighted by atomic mass is 9.89. The first-order chi connectivity index (χ1) is 13.6. The molecule has 1 atom stereocenters. The van der Waals surface area contributed by atoms with Crippen LogP contribution in [0.2, 0.25) is 0 Å². The summed E-state index contributed by atoms with van der Waals surface area (Å²) in [6.45, 7) is 4.11. The molecular formula is C19H18N4O3S2. The molecule has 0 saturated heterocycles. The second-order valence-corrected chi connectivity index (χ2v) is 9.11. The Balaban J connectivity index is 1.38. The third-order valence-corrected chi connectivity index (χ3v) is 7.02. The van der Waals surface area contributed by atoms with Gasteiger partial charge in [0.25, 0.3) is 16.7 Å². The summed E-state index contributed by atoms with van der Waals surface area (Å²) in [6.07, 6.45) is 4.73. The molecule has 5 rings (SSSR count). The Hall–Kier alpha value is -2.39. The van der Waals surface area contributed by atoms with Gasteiger partial charge in [-0.15, -0.1) is 21.5 Å². The summed E-state index contributed by atoms with van der Waals surface area (Å²) in [5.41, 5.74) is 1.93. The number of thiophene rings is 1. The van der Waals surface area contributed by atoms with Crippen molar-refractivity contribution < 1.29 is 8.83 Å². The van der Waals surface area contributed by atoms with E-state index in [2.05, 4.69) is 27.1 Å². The average Bonchev–Trinajstić information content (AvgIpc) is 3.37. The summed E-state index contributed by atoms with van der Waals surface area (Å²) in [5, 5.41) is 9.33. The molecule has 4 aromatic heterocycles. The van der Waals surface area contributed by atoms with Crippen LogP contribution < -0.4 is 5.56 Å². The molecule has 0 aromatic carbocycles. The van der Waals surface area contributed by atoms with Gasteiger partial charge in [-0.1, -0.05) is 18.7 Å². The zero-order chi connectivity index (χ0) is 19.3. The fourth-order valence-corrected chi connectivity index (χ4v) is 5.61. The standard InChI is InChI=1S/C19H18N4O3S2/c1-9-3-4-12-13(7-9)28-18-15(12)16(24)20-14(21-18)8-27-19-23-22-17(26-19)11-5-6-25-10(11)2/h5-6,9H,3-4,7-8H2,1-2H3,(H,20,21,24)/t9-/m0/s1. The number of hydrogen-bond donors (Lipinski definition) is 1. The van der Waals surface area contributed by atoms with E-state index in [-0.39, 0.29) is 5.56 Å². The number of fused-ring (bicyclic) bond motifs is 3. The lowest BCUT2D eigenvalue weighted by molar-refractivity contribution is 0.463. The predicted octanol–water partition coefficient (Wildman–Crippen LogP) is 4.35. The second kappa shape index (κ2) is 6.89. The normalized spacial score (nSPS) is 16.6. The fraction of sp³-hybridized carbons (Fsp3) is 0.368. The summed E-state index contributed by atoms with van der Waals surface area (Å²) in [5.74, 6) is 2.89. The van der Waals surface area contributed by atoms with E-state index in [1.54, 1.807) is 23.7 Å². The van der Waals surface area contributed by atoms with Crippen LogP contribution in [0.3, 0.4) is 0 Å². The maximum atomic E-state index is 12.7. The van der Waals surface area contributed by atoms with Gasteiger partial charge in [-0.3, -0.25) is 4.79 Å². The quantitative estimate of drug-likeness (QED) is 0.496. The van der Waals surface area contributed by atoms with Crippen LogP contribution in [0.1, 0.15) is 35.4 Å². The second-order valence-electron chi connectivity index (χ2n) is 7.10. The molecule has 0 spiro atoms. The van der Waals surface area contributed by atoms with Crippen molar-refractivity contribution in [2.75, 3.05) is 0 Å². The zero-order valence-corrected chi connectivity index (χ0v) is 17.1. The van der Waals surface area contributed by atoms with Crippen molar-refractivity contribution in [2.45, 2.75) is 44.1 Å². The molecule has 4 aromatic rings. The third kappa shape index (κ3) is 3.08. The number of aromatic nitrogens is 4. The lowest BCUT2D eigenvalue weighted by Crippen LogP contribution is -2.14. The van der Waals surface area contributed by atoms with Crippen LogP contribution in [0.25, 0.3) is 21.7 Å². The maximum Gasteiger partial charge on any atom is 0.277 e. The van der Waals surface area contributed by atoms with Crippen molar-refractivity contribution in [3.63, 3.8) is 0 Å². The molecule has 1 aliphatic rings. The van der Waals surface area contributed by atoms with Gasteiger partial charge in [-0.2, -0.15) is 0 Å². The van der Waals surface area contributed by atoms with Gasteiger partial charge in [0.15, 0.2) is 0 Å². The summed E-state index contributed by atoms with van der Waals surface area (Å²) in [6, 6.07) is 1.80. The maximum absolute atomic E-state index is 12.7. The highest BCUT2D eigenvalue weighted by molar-refractivity contribution is 7.98. The van der Waals surface area contributed by atoms with E-state index in [0.717, 1.165) is 40.8 Å². The smallest absolute Gasteiger partial charge is 0.277 e. The zero-order valence-electron chi connectivity index (χ0n) is 15.4. The van der Waals surface area contributed by atoms with Crippen LogP contribution in [0.5, 0.6) is 0 Å². The monoisotopic (exact) mass is 414 g/mol. The van der Waals surface area contributed by atoms with Gasteiger partial charge < -0.3 is 13.8 Å². The van der Waals surface area contributed by atoms with Crippen LogP contribution in [-0.4, -0.2) is 20.2 Å². The number of aromatic amines is 1. The van der Waals surface area contributed by atoms with Gasteiger partial charge in [0.1, 0.15) is 16.4 Å². The van der Waals surface area contributed by atoms with Gasteiger partial charge in [0.2, 0.25) is 0 Å². The van der Waals surface area contributed by atoms with Gasteiger partial charge >= 0.3 is 0 Å². The number of furan rings is 1. The van der Waals surface area contributed by atoms with Gasteiger partial charge in [0, 0.05) is 4.88 Å². The van der Waals surface area contributed by atoms with E-state index in [1.165, 1.54) is 22.2 Å². The number of aryl methyl sites for hydroxylation is 2. The Kier molecular flexibility index (Phi) is 4.36. The molecule has 0 unspecified atom stereocenters. The third-order valence-electron chi connectivity index (χ3n) is 5.04. The highest BCUT2D eigenvalue weighted by Gasteiger charge is 2.23. The van der Waals surface area contributed by atoms with Crippen LogP contribution >= 0.6 is 23.1 Å². The molecule has 1 N–H and O–H groups in total. The Morgan fingerprint density at radius 1 is 1.39 bits per heavy atom. The molecule has 1 aliphatic carbocycles.